The highest BCUT2D eigenvalue weighted by Gasteiger charge is 2.29. The summed E-state index contributed by atoms with van der Waals surface area (Å²) in [6.45, 7) is 6.83. The van der Waals surface area contributed by atoms with Crippen molar-refractivity contribution in [3.05, 3.63) is 29.8 Å². The number of benzene rings is 1. The van der Waals surface area contributed by atoms with Crippen molar-refractivity contribution in [2.24, 2.45) is 11.1 Å². The van der Waals surface area contributed by atoms with Crippen LogP contribution in [-0.2, 0) is 0 Å². The van der Waals surface area contributed by atoms with Gasteiger partial charge in [0.1, 0.15) is 5.75 Å². The second-order valence-corrected chi connectivity index (χ2v) is 4.57. The monoisotopic (exact) mass is 223 g/mol. The van der Waals surface area contributed by atoms with Gasteiger partial charge in [-0.05, 0) is 13.0 Å². The number of nitrogens with two attached hydrogens (primary N) is 1. The van der Waals surface area contributed by atoms with Crippen LogP contribution in [0.1, 0.15) is 32.4 Å². The lowest BCUT2D eigenvalue weighted by molar-refractivity contribution is 0.0529. The number of para-hydroxylation sites is 1. The molecular weight excluding hydrogens is 202 g/mol. The Labute approximate surface area is 97.2 Å². The Morgan fingerprint density at radius 1 is 1.38 bits per heavy atom. The first-order valence-corrected chi connectivity index (χ1v) is 5.62. The summed E-state index contributed by atoms with van der Waals surface area (Å²) >= 11 is 0. The Morgan fingerprint density at radius 2 is 2.00 bits per heavy atom. The van der Waals surface area contributed by atoms with Crippen LogP contribution in [0.15, 0.2) is 24.3 Å². The van der Waals surface area contributed by atoms with E-state index in [-0.39, 0.29) is 5.41 Å². The average Bonchev–Trinajstić information content (AvgIpc) is 2.29. The number of aliphatic hydroxyl groups is 1. The molecule has 3 nitrogen and oxygen atoms in total. The molecule has 3 N–H and O–H groups in total. The quantitative estimate of drug-likeness (QED) is 0.803. The Bertz CT molecular complexity index is 336. The van der Waals surface area contributed by atoms with Crippen LogP contribution in [0, 0.1) is 5.41 Å². The number of ether oxygens (including phenoxy) is 1. The van der Waals surface area contributed by atoms with Gasteiger partial charge < -0.3 is 15.6 Å². The molecule has 90 valence electrons. The molecule has 1 aromatic carbocycles. The van der Waals surface area contributed by atoms with E-state index in [1.54, 1.807) is 0 Å². The van der Waals surface area contributed by atoms with Gasteiger partial charge >= 0.3 is 0 Å². The van der Waals surface area contributed by atoms with Gasteiger partial charge in [0.25, 0.3) is 0 Å². The Balaban J connectivity index is 3.02. The molecule has 0 aliphatic heterocycles. The van der Waals surface area contributed by atoms with E-state index in [1.807, 2.05) is 45.0 Å². The Hall–Kier alpha value is -1.06. The molecule has 0 saturated carbocycles. The van der Waals surface area contributed by atoms with Gasteiger partial charge in [0.2, 0.25) is 0 Å². The fourth-order valence-corrected chi connectivity index (χ4v) is 1.53. The number of hydrogen-bond acceptors (Lipinski definition) is 3. The molecular formula is C13H21NO2. The molecule has 0 amide bonds. The molecule has 0 spiro atoms. The number of aliphatic hydroxyl groups excluding tert-OH is 1. The second-order valence-electron chi connectivity index (χ2n) is 4.57. The molecule has 0 aromatic heterocycles. The van der Waals surface area contributed by atoms with Crippen molar-refractivity contribution in [1.29, 1.82) is 0 Å². The van der Waals surface area contributed by atoms with Crippen molar-refractivity contribution in [1.82, 2.24) is 0 Å². The molecule has 1 unspecified atom stereocenters. The van der Waals surface area contributed by atoms with Crippen LogP contribution in [0.4, 0.5) is 0 Å². The van der Waals surface area contributed by atoms with Gasteiger partial charge in [-0.1, -0.05) is 32.0 Å². The van der Waals surface area contributed by atoms with E-state index < -0.39 is 6.10 Å². The summed E-state index contributed by atoms with van der Waals surface area (Å²) in [5.41, 5.74) is 6.12. The van der Waals surface area contributed by atoms with E-state index in [0.717, 1.165) is 11.3 Å². The SMILES string of the molecule is CCOc1ccccc1C(O)C(C)(C)CN. The summed E-state index contributed by atoms with van der Waals surface area (Å²) in [6.07, 6.45) is -0.611. The van der Waals surface area contributed by atoms with E-state index >= 15 is 0 Å². The normalized spacial score (nSPS) is 13.6. The van der Waals surface area contributed by atoms with Crippen molar-refractivity contribution >= 4 is 0 Å². The maximum Gasteiger partial charge on any atom is 0.125 e. The van der Waals surface area contributed by atoms with Crippen molar-refractivity contribution < 1.29 is 9.84 Å². The Morgan fingerprint density at radius 3 is 2.56 bits per heavy atom. The largest absolute Gasteiger partial charge is 0.493 e. The van der Waals surface area contributed by atoms with E-state index in [1.165, 1.54) is 0 Å². The van der Waals surface area contributed by atoms with Crippen molar-refractivity contribution in [3.63, 3.8) is 0 Å². The highest BCUT2D eigenvalue weighted by atomic mass is 16.5. The summed E-state index contributed by atoms with van der Waals surface area (Å²) in [5.74, 6) is 0.735. The molecule has 0 fully saturated rings. The third-order valence-corrected chi connectivity index (χ3v) is 2.78. The minimum atomic E-state index is -0.611. The summed E-state index contributed by atoms with van der Waals surface area (Å²) in [7, 11) is 0. The highest BCUT2D eigenvalue weighted by Crippen LogP contribution is 2.36. The smallest absolute Gasteiger partial charge is 0.125 e. The highest BCUT2D eigenvalue weighted by molar-refractivity contribution is 5.36. The minimum Gasteiger partial charge on any atom is -0.493 e. The zero-order chi connectivity index (χ0) is 12.2. The lowest BCUT2D eigenvalue weighted by Gasteiger charge is -2.30. The van der Waals surface area contributed by atoms with E-state index in [2.05, 4.69) is 0 Å². The molecule has 0 bridgehead atoms. The van der Waals surface area contributed by atoms with Gasteiger partial charge in [-0.15, -0.1) is 0 Å². The van der Waals surface area contributed by atoms with Crippen molar-refractivity contribution in [2.45, 2.75) is 26.9 Å². The lowest BCUT2D eigenvalue weighted by Crippen LogP contribution is -2.31. The molecule has 0 aliphatic rings. The van der Waals surface area contributed by atoms with Gasteiger partial charge in [-0.2, -0.15) is 0 Å². The van der Waals surface area contributed by atoms with Gasteiger partial charge in [-0.25, -0.2) is 0 Å². The zero-order valence-corrected chi connectivity index (χ0v) is 10.2. The standard InChI is InChI=1S/C13H21NO2/c1-4-16-11-8-6-5-7-10(11)12(15)13(2,3)9-14/h5-8,12,15H,4,9,14H2,1-3H3. The molecule has 1 atom stereocenters. The maximum absolute atomic E-state index is 10.3. The Kier molecular flexibility index (Phi) is 4.33. The fraction of sp³-hybridized carbons (Fsp3) is 0.538. The van der Waals surface area contributed by atoms with Crippen LogP contribution in [0.25, 0.3) is 0 Å². The van der Waals surface area contributed by atoms with Crippen LogP contribution in [0.2, 0.25) is 0 Å². The van der Waals surface area contributed by atoms with E-state index in [4.69, 9.17) is 10.5 Å². The zero-order valence-electron chi connectivity index (χ0n) is 10.2. The molecule has 0 heterocycles. The predicted octanol–water partition coefficient (Wildman–Crippen LogP) is 2.10. The van der Waals surface area contributed by atoms with Crippen LogP contribution >= 0.6 is 0 Å². The van der Waals surface area contributed by atoms with Crippen molar-refractivity contribution in [3.8, 4) is 5.75 Å². The first-order valence-electron chi connectivity index (χ1n) is 5.62. The number of rotatable bonds is 5. The molecule has 3 heteroatoms. The minimum absolute atomic E-state index is 0.354. The first kappa shape index (κ1) is 13.0. The molecule has 1 aromatic rings. The van der Waals surface area contributed by atoms with Crippen molar-refractivity contribution in [2.75, 3.05) is 13.2 Å². The third kappa shape index (κ3) is 2.74. The summed E-state index contributed by atoms with van der Waals surface area (Å²) in [5, 5.41) is 10.3. The van der Waals surface area contributed by atoms with Crippen LogP contribution < -0.4 is 10.5 Å². The lowest BCUT2D eigenvalue weighted by atomic mass is 9.82. The fourth-order valence-electron chi connectivity index (χ4n) is 1.53. The first-order chi connectivity index (χ1) is 7.53. The van der Waals surface area contributed by atoms with E-state index in [0.29, 0.717) is 13.2 Å². The number of hydrogen-bond donors (Lipinski definition) is 2. The van der Waals surface area contributed by atoms with Gasteiger partial charge in [-0.3, -0.25) is 0 Å². The summed E-state index contributed by atoms with van der Waals surface area (Å²) < 4.78 is 5.50. The van der Waals surface area contributed by atoms with Gasteiger partial charge in [0.05, 0.1) is 12.7 Å². The van der Waals surface area contributed by atoms with E-state index in [9.17, 15) is 5.11 Å². The van der Waals surface area contributed by atoms with Crippen LogP contribution in [-0.4, -0.2) is 18.3 Å². The molecule has 0 radical (unpaired) electrons. The molecule has 1 rings (SSSR count). The summed E-state index contributed by atoms with van der Waals surface area (Å²) in [4.78, 5) is 0. The summed E-state index contributed by atoms with van der Waals surface area (Å²) in [6, 6.07) is 7.55. The average molecular weight is 223 g/mol. The molecule has 16 heavy (non-hydrogen) atoms. The second kappa shape index (κ2) is 5.32. The van der Waals surface area contributed by atoms with Gasteiger partial charge in [0.15, 0.2) is 0 Å². The maximum atomic E-state index is 10.3. The van der Waals surface area contributed by atoms with Crippen LogP contribution in [0.5, 0.6) is 5.75 Å². The molecule has 0 aliphatic carbocycles. The van der Waals surface area contributed by atoms with Crippen LogP contribution in [0.3, 0.4) is 0 Å². The topological polar surface area (TPSA) is 55.5 Å². The van der Waals surface area contributed by atoms with Gasteiger partial charge in [0, 0.05) is 17.5 Å². The third-order valence-electron chi connectivity index (χ3n) is 2.78. The molecule has 0 saturated heterocycles. The predicted molar refractivity (Wildman–Crippen MR) is 65.4 cm³/mol.